The Labute approximate surface area is 152 Å². The Morgan fingerprint density at radius 1 is 1.24 bits per heavy atom. The number of fused-ring (bicyclic) bond motifs is 1. The molecule has 1 aromatic rings. The van der Waals surface area contributed by atoms with Gasteiger partial charge in [0.2, 0.25) is 0 Å². The molecule has 1 unspecified atom stereocenters. The van der Waals surface area contributed by atoms with Crippen molar-refractivity contribution >= 4 is 5.91 Å². The number of nitrogens with zero attached hydrogens (tertiary/aromatic N) is 1. The number of aliphatic hydroxyl groups is 1. The Bertz CT molecular complexity index is 592. The molecular formula is C21H29NO3. The molecule has 1 amide bonds. The second-order valence-electron chi connectivity index (χ2n) is 6.09. The second-order valence-corrected chi connectivity index (χ2v) is 6.09. The Kier molecular flexibility index (Phi) is 9.42. The maximum Gasteiger partial charge on any atom is 0.253 e. The minimum atomic E-state index is -0.383. The number of terminal acetylenes is 2. The Morgan fingerprint density at radius 2 is 1.80 bits per heavy atom. The third-order valence-corrected chi connectivity index (χ3v) is 4.40. The number of amides is 1. The van der Waals surface area contributed by atoms with Gasteiger partial charge in [-0.15, -0.1) is 25.7 Å². The summed E-state index contributed by atoms with van der Waals surface area (Å²) in [5, 5.41) is 9.54. The number of aliphatic hydroxyl groups excluding tert-OH is 1. The zero-order valence-electron chi connectivity index (χ0n) is 15.7. The fourth-order valence-corrected chi connectivity index (χ4v) is 2.83. The Balaban J connectivity index is 0.00000134. The highest BCUT2D eigenvalue weighted by molar-refractivity contribution is 5.94. The topological polar surface area (TPSA) is 49.8 Å². The quantitative estimate of drug-likeness (QED) is 0.855. The van der Waals surface area contributed by atoms with E-state index in [0.29, 0.717) is 18.7 Å². The van der Waals surface area contributed by atoms with Gasteiger partial charge in [0.05, 0.1) is 6.61 Å². The molecule has 0 saturated carbocycles. The molecule has 136 valence electrons. The smallest absolute Gasteiger partial charge is 0.253 e. The van der Waals surface area contributed by atoms with Gasteiger partial charge in [-0.1, -0.05) is 0 Å². The van der Waals surface area contributed by atoms with Crippen molar-refractivity contribution in [1.29, 1.82) is 0 Å². The third-order valence-electron chi connectivity index (χ3n) is 4.40. The summed E-state index contributed by atoms with van der Waals surface area (Å²) in [6.07, 6.45) is 16.7. The second kappa shape index (κ2) is 10.4. The fraction of sp³-hybridized carbons (Fsp3) is 0.476. The SMILES string of the molecule is C#C.C#C.CCN(CC)C(=O)c1ccc2c(c1)CC(CO)C(C)(C)O2. The first kappa shape index (κ1) is 22.6. The van der Waals surface area contributed by atoms with Crippen LogP contribution in [0.2, 0.25) is 0 Å². The molecule has 1 aromatic carbocycles. The minimum Gasteiger partial charge on any atom is -0.487 e. The number of hydrogen-bond donors (Lipinski definition) is 1. The zero-order valence-corrected chi connectivity index (χ0v) is 15.7. The van der Waals surface area contributed by atoms with Crippen molar-refractivity contribution in [2.75, 3.05) is 19.7 Å². The van der Waals surface area contributed by atoms with E-state index in [2.05, 4.69) is 25.7 Å². The molecule has 0 aromatic heterocycles. The van der Waals surface area contributed by atoms with Crippen LogP contribution >= 0.6 is 0 Å². The van der Waals surface area contributed by atoms with E-state index in [1.54, 1.807) is 4.90 Å². The average Bonchev–Trinajstić information content (AvgIpc) is 2.64. The van der Waals surface area contributed by atoms with Gasteiger partial charge >= 0.3 is 0 Å². The van der Waals surface area contributed by atoms with E-state index in [9.17, 15) is 9.90 Å². The van der Waals surface area contributed by atoms with Gasteiger partial charge in [0, 0.05) is 24.6 Å². The number of hydrogen-bond acceptors (Lipinski definition) is 3. The lowest BCUT2D eigenvalue weighted by molar-refractivity contribution is -0.000604. The molecule has 1 atom stereocenters. The maximum absolute atomic E-state index is 12.4. The molecule has 0 saturated heterocycles. The van der Waals surface area contributed by atoms with Gasteiger partial charge in [0.1, 0.15) is 11.4 Å². The van der Waals surface area contributed by atoms with Gasteiger partial charge in [0.15, 0.2) is 0 Å². The Morgan fingerprint density at radius 3 is 2.28 bits per heavy atom. The molecule has 0 radical (unpaired) electrons. The van der Waals surface area contributed by atoms with Gasteiger partial charge < -0.3 is 14.7 Å². The molecule has 1 heterocycles. The summed E-state index contributed by atoms with van der Waals surface area (Å²) in [6.45, 7) is 9.43. The van der Waals surface area contributed by atoms with Crippen molar-refractivity contribution in [2.24, 2.45) is 5.92 Å². The summed E-state index contributed by atoms with van der Waals surface area (Å²) in [5.74, 6) is 0.915. The molecule has 2 rings (SSSR count). The maximum atomic E-state index is 12.4. The molecule has 0 fully saturated rings. The van der Waals surface area contributed by atoms with Crippen LogP contribution in [0.3, 0.4) is 0 Å². The van der Waals surface area contributed by atoms with Crippen molar-refractivity contribution in [3.8, 4) is 31.4 Å². The molecule has 1 aliphatic heterocycles. The summed E-state index contributed by atoms with van der Waals surface area (Å²) < 4.78 is 5.99. The first-order valence-corrected chi connectivity index (χ1v) is 8.31. The highest BCUT2D eigenvalue weighted by Crippen LogP contribution is 2.37. The number of carbonyl (C=O) groups is 1. The summed E-state index contributed by atoms with van der Waals surface area (Å²) >= 11 is 0. The largest absolute Gasteiger partial charge is 0.487 e. The monoisotopic (exact) mass is 343 g/mol. The predicted octanol–water partition coefficient (Wildman–Crippen LogP) is 2.99. The van der Waals surface area contributed by atoms with Crippen molar-refractivity contribution < 1.29 is 14.6 Å². The van der Waals surface area contributed by atoms with Crippen LogP contribution in [0, 0.1) is 31.6 Å². The standard InChI is InChI=1S/C17H25NO3.2C2H2/c1-5-18(6-2)16(20)12-7-8-15-13(9-12)10-14(11-19)17(3,4)21-15;2*1-2/h7-9,14,19H,5-6,10-11H2,1-4H3;2*1-2H. The molecule has 1 N–H and O–H groups in total. The van der Waals surface area contributed by atoms with Crippen LogP contribution in [-0.4, -0.2) is 41.2 Å². The molecule has 0 bridgehead atoms. The van der Waals surface area contributed by atoms with E-state index in [1.807, 2.05) is 45.9 Å². The van der Waals surface area contributed by atoms with Crippen LogP contribution in [0.15, 0.2) is 18.2 Å². The van der Waals surface area contributed by atoms with Gasteiger partial charge in [-0.05, 0) is 57.9 Å². The van der Waals surface area contributed by atoms with E-state index in [1.165, 1.54) is 0 Å². The van der Waals surface area contributed by atoms with Crippen molar-refractivity contribution in [3.63, 3.8) is 0 Å². The molecular weight excluding hydrogens is 314 g/mol. The van der Waals surface area contributed by atoms with Crippen LogP contribution in [0.5, 0.6) is 5.75 Å². The van der Waals surface area contributed by atoms with Crippen LogP contribution in [0.25, 0.3) is 0 Å². The van der Waals surface area contributed by atoms with Crippen molar-refractivity contribution in [2.45, 2.75) is 39.7 Å². The van der Waals surface area contributed by atoms with Gasteiger partial charge in [0.25, 0.3) is 5.91 Å². The minimum absolute atomic E-state index is 0.0452. The van der Waals surface area contributed by atoms with Crippen molar-refractivity contribution in [3.05, 3.63) is 29.3 Å². The molecule has 0 aliphatic carbocycles. The predicted molar refractivity (Wildman–Crippen MR) is 102 cm³/mol. The third kappa shape index (κ3) is 5.28. The number of rotatable bonds is 4. The fourth-order valence-electron chi connectivity index (χ4n) is 2.83. The zero-order chi connectivity index (χ0) is 19.6. The molecule has 0 spiro atoms. The number of benzene rings is 1. The normalized spacial score (nSPS) is 16.6. The molecule has 1 aliphatic rings. The van der Waals surface area contributed by atoms with Gasteiger partial charge in [-0.2, -0.15) is 0 Å². The molecule has 4 nitrogen and oxygen atoms in total. The first-order valence-electron chi connectivity index (χ1n) is 8.31. The van der Waals surface area contributed by atoms with E-state index < -0.39 is 0 Å². The van der Waals surface area contributed by atoms with Crippen LogP contribution in [0.4, 0.5) is 0 Å². The van der Waals surface area contributed by atoms with E-state index in [0.717, 1.165) is 17.7 Å². The molecule has 4 heteroatoms. The summed E-state index contributed by atoms with van der Waals surface area (Å²) in [5.41, 5.74) is 1.32. The van der Waals surface area contributed by atoms with Crippen LogP contribution in [-0.2, 0) is 6.42 Å². The van der Waals surface area contributed by atoms with Gasteiger partial charge in [-0.25, -0.2) is 0 Å². The van der Waals surface area contributed by atoms with E-state index >= 15 is 0 Å². The average molecular weight is 343 g/mol. The lowest BCUT2D eigenvalue weighted by atomic mass is 9.82. The summed E-state index contributed by atoms with van der Waals surface area (Å²) in [7, 11) is 0. The van der Waals surface area contributed by atoms with Crippen molar-refractivity contribution in [1.82, 2.24) is 4.90 Å². The highest BCUT2D eigenvalue weighted by atomic mass is 16.5. The first-order chi connectivity index (χ1) is 11.9. The lowest BCUT2D eigenvalue weighted by Crippen LogP contribution is -2.44. The highest BCUT2D eigenvalue weighted by Gasteiger charge is 2.36. The Hall–Kier alpha value is -2.43. The van der Waals surface area contributed by atoms with Gasteiger partial charge in [-0.3, -0.25) is 4.79 Å². The number of carbonyl (C=O) groups excluding carboxylic acids is 1. The molecule has 25 heavy (non-hydrogen) atoms. The summed E-state index contributed by atoms with van der Waals surface area (Å²) in [6, 6.07) is 5.62. The van der Waals surface area contributed by atoms with Crippen LogP contribution < -0.4 is 4.74 Å². The van der Waals surface area contributed by atoms with E-state index in [4.69, 9.17) is 4.74 Å². The van der Waals surface area contributed by atoms with Crippen LogP contribution in [0.1, 0.15) is 43.6 Å². The van der Waals surface area contributed by atoms with E-state index in [-0.39, 0.29) is 24.0 Å². The number of ether oxygens (including phenoxy) is 1. The lowest BCUT2D eigenvalue weighted by Gasteiger charge is -2.39. The summed E-state index contributed by atoms with van der Waals surface area (Å²) in [4.78, 5) is 14.2.